The van der Waals surface area contributed by atoms with Crippen molar-refractivity contribution in [3.05, 3.63) is 152 Å². The van der Waals surface area contributed by atoms with Crippen molar-refractivity contribution in [1.29, 1.82) is 0 Å². The minimum absolute atomic E-state index is 1.15. The molecule has 0 amide bonds. The molecule has 0 radical (unpaired) electrons. The Bertz CT molecular complexity index is 1970. The van der Waals surface area contributed by atoms with E-state index >= 15 is 0 Å². The Morgan fingerprint density at radius 3 is 1.00 bits per heavy atom. The van der Waals surface area contributed by atoms with Gasteiger partial charge in [0.15, 0.2) is 0 Å². The van der Waals surface area contributed by atoms with Crippen LogP contribution in [0, 0.1) is 0 Å². The van der Waals surface area contributed by atoms with Gasteiger partial charge in [0.1, 0.15) is 0 Å². The zero-order chi connectivity index (χ0) is 26.9. The first-order chi connectivity index (χ1) is 20.3. The Balaban J connectivity index is 1.43. The summed E-state index contributed by atoms with van der Waals surface area (Å²) in [7, 11) is 0. The summed E-state index contributed by atoms with van der Waals surface area (Å²) in [6.07, 6.45) is 0. The minimum atomic E-state index is 1.15. The van der Waals surface area contributed by atoms with Crippen LogP contribution >= 0.6 is 0 Å². The highest BCUT2D eigenvalue weighted by Gasteiger charge is 2.39. The monoisotopic (exact) mass is 523 g/mol. The van der Waals surface area contributed by atoms with Gasteiger partial charge in [-0.25, -0.2) is 0 Å². The number of benzene rings is 7. The van der Waals surface area contributed by atoms with E-state index in [0.717, 1.165) is 22.7 Å². The molecule has 9 rings (SSSR count). The third kappa shape index (κ3) is 3.20. The maximum atomic E-state index is 2.49. The fourth-order valence-corrected chi connectivity index (χ4v) is 6.60. The quantitative estimate of drug-likeness (QED) is 0.223. The summed E-state index contributed by atoms with van der Waals surface area (Å²) in [4.78, 5) is 7.34. The maximum absolute atomic E-state index is 2.49. The van der Waals surface area contributed by atoms with Gasteiger partial charge in [0.25, 0.3) is 0 Å². The van der Waals surface area contributed by atoms with Crippen LogP contribution in [0.25, 0.3) is 21.5 Å². The molecule has 0 fully saturated rings. The SMILES string of the molecule is c1ccc(N2c3cc4ccccc4cc3N3c4cc5ccccc5cc4N(c4ccccc4)c4cccc2c43)cc1. The van der Waals surface area contributed by atoms with Gasteiger partial charge in [0.2, 0.25) is 0 Å². The number of nitrogens with zero attached hydrogens (tertiary/aromatic N) is 3. The van der Waals surface area contributed by atoms with Crippen LogP contribution in [-0.2, 0) is 0 Å². The number of rotatable bonds is 2. The summed E-state index contributed by atoms with van der Waals surface area (Å²) in [5, 5.41) is 4.92. The molecular formula is C38H25N3. The topological polar surface area (TPSA) is 9.72 Å². The Labute approximate surface area is 238 Å². The Kier molecular flexibility index (Phi) is 4.61. The van der Waals surface area contributed by atoms with E-state index in [2.05, 4.69) is 166 Å². The van der Waals surface area contributed by atoms with Crippen LogP contribution in [0.3, 0.4) is 0 Å². The van der Waals surface area contributed by atoms with Crippen molar-refractivity contribution >= 4 is 72.7 Å². The smallest absolute Gasteiger partial charge is 0.0947 e. The fraction of sp³-hybridized carbons (Fsp3) is 0. The van der Waals surface area contributed by atoms with Crippen molar-refractivity contribution in [1.82, 2.24) is 0 Å². The van der Waals surface area contributed by atoms with Gasteiger partial charge in [-0.2, -0.15) is 0 Å². The molecule has 0 saturated heterocycles. The van der Waals surface area contributed by atoms with E-state index in [1.807, 2.05) is 0 Å². The second kappa shape index (κ2) is 8.48. The Morgan fingerprint density at radius 1 is 0.268 bits per heavy atom. The molecule has 7 aromatic rings. The summed E-state index contributed by atoms with van der Waals surface area (Å²) in [5.74, 6) is 0. The van der Waals surface area contributed by atoms with Gasteiger partial charge in [-0.05, 0) is 82.2 Å². The highest BCUT2D eigenvalue weighted by molar-refractivity contribution is 6.15. The van der Waals surface area contributed by atoms with Crippen LogP contribution in [0.1, 0.15) is 0 Å². The standard InChI is InChI=1S/C38H25N3/c1-3-16-30(17-4-1)39-32-20-11-21-33-38(32)41(36-24-28-14-9-7-12-26(28)22-34(36)39)37-25-29-15-10-8-13-27(29)23-35(37)40(33)31-18-5-2-6-19-31/h1-25H. The highest BCUT2D eigenvalue weighted by Crippen LogP contribution is 2.63. The molecule has 3 nitrogen and oxygen atoms in total. The second-order valence-electron chi connectivity index (χ2n) is 10.7. The van der Waals surface area contributed by atoms with Crippen molar-refractivity contribution in [2.75, 3.05) is 14.7 Å². The summed E-state index contributed by atoms with van der Waals surface area (Å²) >= 11 is 0. The van der Waals surface area contributed by atoms with Crippen molar-refractivity contribution in [2.24, 2.45) is 0 Å². The molecule has 0 bridgehead atoms. The predicted molar refractivity (Wildman–Crippen MR) is 173 cm³/mol. The molecule has 41 heavy (non-hydrogen) atoms. The van der Waals surface area contributed by atoms with Gasteiger partial charge in [-0.3, -0.25) is 0 Å². The average Bonchev–Trinajstić information content (AvgIpc) is 3.04. The Hall–Kier alpha value is -5.54. The lowest BCUT2D eigenvalue weighted by Gasteiger charge is -2.47. The van der Waals surface area contributed by atoms with E-state index in [-0.39, 0.29) is 0 Å². The first-order valence-electron chi connectivity index (χ1n) is 14.0. The number of para-hydroxylation sites is 3. The van der Waals surface area contributed by atoms with Crippen molar-refractivity contribution in [2.45, 2.75) is 0 Å². The molecule has 2 aliphatic heterocycles. The molecule has 0 atom stereocenters. The van der Waals surface area contributed by atoms with E-state index in [0.29, 0.717) is 0 Å². The molecule has 192 valence electrons. The normalized spacial score (nSPS) is 13.2. The van der Waals surface area contributed by atoms with Gasteiger partial charge in [0, 0.05) is 11.4 Å². The molecule has 0 saturated carbocycles. The third-order valence-electron chi connectivity index (χ3n) is 8.38. The van der Waals surface area contributed by atoms with Gasteiger partial charge < -0.3 is 14.7 Å². The van der Waals surface area contributed by atoms with Crippen molar-refractivity contribution in [3.63, 3.8) is 0 Å². The summed E-state index contributed by atoms with van der Waals surface area (Å²) in [6.45, 7) is 0. The summed E-state index contributed by atoms with van der Waals surface area (Å²) in [6, 6.07) is 54.9. The lowest BCUT2D eigenvalue weighted by Crippen LogP contribution is -2.30. The van der Waals surface area contributed by atoms with Crippen LogP contribution in [-0.4, -0.2) is 0 Å². The van der Waals surface area contributed by atoms with E-state index < -0.39 is 0 Å². The molecule has 0 N–H and O–H groups in total. The maximum Gasteiger partial charge on any atom is 0.0947 e. The van der Waals surface area contributed by atoms with E-state index in [4.69, 9.17) is 0 Å². The summed E-state index contributed by atoms with van der Waals surface area (Å²) < 4.78 is 0. The highest BCUT2D eigenvalue weighted by atomic mass is 15.3. The molecule has 0 aliphatic carbocycles. The van der Waals surface area contributed by atoms with Crippen LogP contribution in [0.15, 0.2) is 152 Å². The fourth-order valence-electron chi connectivity index (χ4n) is 6.60. The molecular weight excluding hydrogens is 498 g/mol. The number of fused-ring (bicyclic) bond motifs is 6. The van der Waals surface area contributed by atoms with E-state index in [1.165, 1.54) is 50.0 Å². The van der Waals surface area contributed by atoms with Crippen LogP contribution in [0.2, 0.25) is 0 Å². The lowest BCUT2D eigenvalue weighted by atomic mass is 9.95. The van der Waals surface area contributed by atoms with Crippen LogP contribution in [0.4, 0.5) is 51.2 Å². The predicted octanol–water partition coefficient (Wildman–Crippen LogP) is 11.0. The lowest BCUT2D eigenvalue weighted by molar-refractivity contribution is 1.12. The molecule has 3 heteroatoms. The van der Waals surface area contributed by atoms with Gasteiger partial charge in [-0.1, -0.05) is 91.0 Å². The zero-order valence-corrected chi connectivity index (χ0v) is 22.3. The largest absolute Gasteiger partial charge is 0.306 e. The van der Waals surface area contributed by atoms with Gasteiger partial charge >= 0.3 is 0 Å². The zero-order valence-electron chi connectivity index (χ0n) is 22.3. The molecule has 0 spiro atoms. The van der Waals surface area contributed by atoms with Gasteiger partial charge in [0.05, 0.1) is 39.8 Å². The molecule has 2 heterocycles. The molecule has 2 aliphatic rings. The number of anilines is 9. The first-order valence-corrected chi connectivity index (χ1v) is 14.0. The van der Waals surface area contributed by atoms with Crippen LogP contribution < -0.4 is 14.7 Å². The Morgan fingerprint density at radius 2 is 0.610 bits per heavy atom. The first kappa shape index (κ1) is 22.3. The number of hydrogen-bond acceptors (Lipinski definition) is 3. The molecule has 0 unspecified atom stereocenters. The van der Waals surface area contributed by atoms with E-state index in [1.54, 1.807) is 0 Å². The second-order valence-corrected chi connectivity index (χ2v) is 10.7. The average molecular weight is 524 g/mol. The summed E-state index contributed by atoms with van der Waals surface area (Å²) in [5.41, 5.74) is 10.5. The van der Waals surface area contributed by atoms with Crippen molar-refractivity contribution in [3.8, 4) is 0 Å². The molecule has 7 aromatic carbocycles. The minimum Gasteiger partial charge on any atom is -0.306 e. The van der Waals surface area contributed by atoms with Gasteiger partial charge in [-0.15, -0.1) is 0 Å². The van der Waals surface area contributed by atoms with Crippen LogP contribution in [0.5, 0.6) is 0 Å². The van der Waals surface area contributed by atoms with Crippen molar-refractivity contribution < 1.29 is 0 Å². The number of hydrogen-bond donors (Lipinski definition) is 0. The third-order valence-corrected chi connectivity index (χ3v) is 8.38. The molecule has 0 aromatic heterocycles. The van der Waals surface area contributed by atoms with E-state index in [9.17, 15) is 0 Å².